The van der Waals surface area contributed by atoms with Crippen molar-refractivity contribution in [2.45, 2.75) is 52.6 Å². The molecule has 4 rings (SSSR count). The van der Waals surface area contributed by atoms with E-state index in [4.69, 9.17) is 0 Å². The zero-order valence-corrected chi connectivity index (χ0v) is 19.2. The second-order valence-electron chi connectivity index (χ2n) is 9.64. The van der Waals surface area contributed by atoms with Crippen molar-refractivity contribution in [3.05, 3.63) is 63.6 Å². The number of nitrogens with zero attached hydrogens (tertiary/aromatic N) is 2. The van der Waals surface area contributed by atoms with Crippen molar-refractivity contribution in [1.82, 2.24) is 14.8 Å². The lowest BCUT2D eigenvalue weighted by Crippen LogP contribution is -2.56. The van der Waals surface area contributed by atoms with Gasteiger partial charge in [-0.15, -0.1) is 0 Å². The third-order valence-electron chi connectivity index (χ3n) is 6.48. The fourth-order valence-electron chi connectivity index (χ4n) is 5.09. The molecule has 2 aromatic rings. The Morgan fingerprint density at radius 3 is 2.44 bits per heavy atom. The van der Waals surface area contributed by atoms with Gasteiger partial charge in [0.25, 0.3) is 5.56 Å². The summed E-state index contributed by atoms with van der Waals surface area (Å²) in [6, 6.07) is 10.4. The Hall–Kier alpha value is -3.09. The second-order valence-corrected chi connectivity index (χ2v) is 9.64. The first-order valence-corrected chi connectivity index (χ1v) is 11.4. The molecule has 0 spiro atoms. The van der Waals surface area contributed by atoms with Gasteiger partial charge in [0.05, 0.1) is 0 Å². The lowest BCUT2D eigenvalue weighted by molar-refractivity contribution is -0.118. The van der Waals surface area contributed by atoms with Crippen LogP contribution in [0.5, 0.6) is 0 Å². The highest BCUT2D eigenvalue weighted by Gasteiger charge is 2.37. The van der Waals surface area contributed by atoms with Crippen LogP contribution in [0.4, 0.5) is 10.5 Å². The Labute approximate surface area is 188 Å². The number of pyridine rings is 1. The molecule has 3 heterocycles. The van der Waals surface area contributed by atoms with Crippen molar-refractivity contribution in [3.8, 4) is 0 Å². The summed E-state index contributed by atoms with van der Waals surface area (Å²) in [7, 11) is 0. The molecule has 2 aliphatic heterocycles. The minimum absolute atomic E-state index is 0.0260. The van der Waals surface area contributed by atoms with E-state index >= 15 is 0 Å². The fourth-order valence-corrected chi connectivity index (χ4v) is 5.09. The standard InChI is InChI=1S/C25H32N4O3/c1-15(2)23(24(31)26-20-9-16(3)8-17(4)10-20)27-25(32)28-12-18-11-19(14-28)21-6-5-7-22(30)29(21)13-18/h5-10,15,18-19,23H,11-14H2,1-4H3,(H,26,31)(H,27,32). The summed E-state index contributed by atoms with van der Waals surface area (Å²) in [5, 5.41) is 5.93. The zero-order valence-electron chi connectivity index (χ0n) is 19.2. The largest absolute Gasteiger partial charge is 0.326 e. The van der Waals surface area contributed by atoms with Crippen molar-refractivity contribution >= 4 is 17.6 Å². The van der Waals surface area contributed by atoms with E-state index in [1.165, 1.54) is 0 Å². The van der Waals surface area contributed by atoms with Gasteiger partial charge in [0.2, 0.25) is 5.91 Å². The maximum absolute atomic E-state index is 13.2. The van der Waals surface area contributed by atoms with Crippen LogP contribution < -0.4 is 16.2 Å². The number of carbonyl (C=O) groups excluding carboxylic acids is 2. The number of urea groups is 1. The van der Waals surface area contributed by atoms with Crippen LogP contribution in [0.2, 0.25) is 0 Å². The predicted octanol–water partition coefficient (Wildman–Crippen LogP) is 3.26. The predicted molar refractivity (Wildman–Crippen MR) is 125 cm³/mol. The van der Waals surface area contributed by atoms with E-state index in [9.17, 15) is 14.4 Å². The SMILES string of the molecule is Cc1cc(C)cc(NC(=O)C(NC(=O)N2CC3CC(C2)c2cccc(=O)n2C3)C(C)C)c1. The second kappa shape index (κ2) is 8.81. The molecule has 32 heavy (non-hydrogen) atoms. The lowest BCUT2D eigenvalue weighted by Gasteiger charge is -2.43. The van der Waals surface area contributed by atoms with Gasteiger partial charge in [-0.1, -0.05) is 26.0 Å². The van der Waals surface area contributed by atoms with E-state index in [2.05, 4.69) is 16.7 Å². The van der Waals surface area contributed by atoms with Crippen molar-refractivity contribution in [1.29, 1.82) is 0 Å². The molecule has 170 valence electrons. The summed E-state index contributed by atoms with van der Waals surface area (Å²) in [4.78, 5) is 40.2. The summed E-state index contributed by atoms with van der Waals surface area (Å²) in [5.74, 6) is 0.110. The third kappa shape index (κ3) is 4.56. The number of rotatable bonds is 4. The van der Waals surface area contributed by atoms with Gasteiger partial charge >= 0.3 is 6.03 Å². The Morgan fingerprint density at radius 1 is 1.03 bits per heavy atom. The number of carbonyl (C=O) groups is 2. The molecular formula is C25H32N4O3. The van der Waals surface area contributed by atoms with Crippen LogP contribution in [0.15, 0.2) is 41.2 Å². The number of benzene rings is 1. The summed E-state index contributed by atoms with van der Waals surface area (Å²) in [6.07, 6.45) is 0.980. The van der Waals surface area contributed by atoms with E-state index in [0.29, 0.717) is 19.6 Å². The maximum atomic E-state index is 13.2. The zero-order chi connectivity index (χ0) is 23.0. The van der Waals surface area contributed by atoms with Gasteiger partial charge < -0.3 is 20.1 Å². The third-order valence-corrected chi connectivity index (χ3v) is 6.48. The number of piperidine rings is 1. The molecule has 0 aliphatic carbocycles. The average molecular weight is 437 g/mol. The molecule has 2 N–H and O–H groups in total. The summed E-state index contributed by atoms with van der Waals surface area (Å²) in [5.41, 5.74) is 3.91. The number of aryl methyl sites for hydroxylation is 2. The van der Waals surface area contributed by atoms with E-state index in [1.807, 2.05) is 50.5 Å². The highest BCUT2D eigenvalue weighted by molar-refractivity contribution is 5.97. The number of hydrogen-bond acceptors (Lipinski definition) is 3. The van der Waals surface area contributed by atoms with Gasteiger partial charge in [-0.25, -0.2) is 4.79 Å². The van der Waals surface area contributed by atoms with Crippen LogP contribution in [0, 0.1) is 25.7 Å². The lowest BCUT2D eigenvalue weighted by atomic mass is 9.83. The van der Waals surface area contributed by atoms with Crippen LogP contribution in [-0.4, -0.2) is 40.5 Å². The molecule has 1 fully saturated rings. The van der Waals surface area contributed by atoms with Crippen LogP contribution in [-0.2, 0) is 11.3 Å². The quantitative estimate of drug-likeness (QED) is 0.772. The highest BCUT2D eigenvalue weighted by Crippen LogP contribution is 2.35. The molecule has 2 aliphatic rings. The minimum atomic E-state index is -0.639. The molecule has 1 aromatic carbocycles. The molecule has 3 amide bonds. The monoisotopic (exact) mass is 436 g/mol. The molecule has 7 heteroatoms. The van der Waals surface area contributed by atoms with Gasteiger partial charge in [0.15, 0.2) is 0 Å². The summed E-state index contributed by atoms with van der Waals surface area (Å²) in [6.45, 7) is 9.62. The van der Waals surface area contributed by atoms with Crippen molar-refractivity contribution < 1.29 is 9.59 Å². The average Bonchev–Trinajstić information content (AvgIpc) is 2.71. The number of amides is 3. The number of fused-ring (bicyclic) bond motifs is 4. The molecule has 3 unspecified atom stereocenters. The van der Waals surface area contributed by atoms with Crippen LogP contribution in [0.25, 0.3) is 0 Å². The summed E-state index contributed by atoms with van der Waals surface area (Å²) < 4.78 is 1.85. The summed E-state index contributed by atoms with van der Waals surface area (Å²) >= 11 is 0. The van der Waals surface area contributed by atoms with Crippen LogP contribution >= 0.6 is 0 Å². The number of likely N-dealkylation sites (tertiary alicyclic amines) is 1. The number of hydrogen-bond donors (Lipinski definition) is 2. The van der Waals surface area contributed by atoms with Crippen molar-refractivity contribution in [2.24, 2.45) is 11.8 Å². The highest BCUT2D eigenvalue weighted by atomic mass is 16.2. The van der Waals surface area contributed by atoms with Crippen molar-refractivity contribution in [2.75, 3.05) is 18.4 Å². The molecule has 1 saturated heterocycles. The van der Waals surface area contributed by atoms with E-state index < -0.39 is 6.04 Å². The van der Waals surface area contributed by atoms with Gasteiger partial charge in [-0.3, -0.25) is 9.59 Å². The van der Waals surface area contributed by atoms with E-state index in [1.54, 1.807) is 17.0 Å². The minimum Gasteiger partial charge on any atom is -0.326 e. The first kappa shape index (κ1) is 22.1. The van der Waals surface area contributed by atoms with Crippen LogP contribution in [0.3, 0.4) is 0 Å². The Morgan fingerprint density at radius 2 is 1.75 bits per heavy atom. The molecule has 3 atom stereocenters. The molecule has 2 bridgehead atoms. The van der Waals surface area contributed by atoms with E-state index in [0.717, 1.165) is 28.9 Å². The van der Waals surface area contributed by atoms with Crippen molar-refractivity contribution in [3.63, 3.8) is 0 Å². The van der Waals surface area contributed by atoms with Crippen LogP contribution in [0.1, 0.15) is 43.0 Å². The Kier molecular flexibility index (Phi) is 6.09. The van der Waals surface area contributed by atoms with Gasteiger partial charge in [-0.05, 0) is 61.4 Å². The molecule has 7 nitrogen and oxygen atoms in total. The Bertz CT molecular complexity index is 1070. The first-order chi connectivity index (χ1) is 15.2. The smallest absolute Gasteiger partial charge is 0.318 e. The van der Waals surface area contributed by atoms with E-state index in [-0.39, 0.29) is 35.3 Å². The van der Waals surface area contributed by atoms with Gasteiger partial charge in [0.1, 0.15) is 6.04 Å². The molecule has 0 saturated carbocycles. The topological polar surface area (TPSA) is 83.4 Å². The number of nitrogens with one attached hydrogen (secondary N) is 2. The van der Waals surface area contributed by atoms with Gasteiger partial charge in [-0.2, -0.15) is 0 Å². The maximum Gasteiger partial charge on any atom is 0.318 e. The molecular weight excluding hydrogens is 404 g/mol. The van der Waals surface area contributed by atoms with Gasteiger partial charge in [0, 0.05) is 43.0 Å². The molecule has 1 aromatic heterocycles. The number of anilines is 1. The first-order valence-electron chi connectivity index (χ1n) is 11.4. The normalized spacial score (nSPS) is 20.5. The fraction of sp³-hybridized carbons (Fsp3) is 0.480. The Balaban J connectivity index is 1.45. The number of aromatic nitrogens is 1. The molecule has 0 radical (unpaired) electrons.